The number of rotatable bonds is 3. The predicted octanol–water partition coefficient (Wildman–Crippen LogP) is 2.43. The zero-order valence-electron chi connectivity index (χ0n) is 9.90. The van der Waals surface area contributed by atoms with Gasteiger partial charge in [-0.3, -0.25) is 0 Å². The first-order chi connectivity index (χ1) is 7.81. The fourth-order valence-corrected chi connectivity index (χ4v) is 1.04. The molecule has 0 bridgehead atoms. The molecule has 0 aromatic heterocycles. The van der Waals surface area contributed by atoms with Crippen molar-refractivity contribution in [2.75, 3.05) is 0 Å². The Bertz CT molecular complexity index is 449. The van der Waals surface area contributed by atoms with Crippen LogP contribution in [0.1, 0.15) is 26.3 Å². The molecule has 0 amide bonds. The molecule has 1 aromatic carbocycles. The van der Waals surface area contributed by atoms with E-state index in [2.05, 4.69) is 5.16 Å². The van der Waals surface area contributed by atoms with E-state index in [0.717, 1.165) is 0 Å². The summed E-state index contributed by atoms with van der Waals surface area (Å²) in [5.74, 6) is -1.98. The zero-order chi connectivity index (χ0) is 13.1. The van der Waals surface area contributed by atoms with Crippen LogP contribution in [-0.2, 0) is 9.63 Å². The van der Waals surface area contributed by atoms with Crippen molar-refractivity contribution in [1.29, 1.82) is 0 Å². The molecule has 0 aliphatic heterocycles. The minimum absolute atomic E-state index is 0.0933. The van der Waals surface area contributed by atoms with Gasteiger partial charge in [0.15, 0.2) is 5.71 Å². The average Bonchev–Trinajstić information content (AvgIpc) is 2.18. The summed E-state index contributed by atoms with van der Waals surface area (Å²) in [5.41, 5.74) is -1.17. The summed E-state index contributed by atoms with van der Waals surface area (Å²) in [6, 6.07) is 5.52. The Morgan fingerprint density at radius 3 is 2.41 bits per heavy atom. The first kappa shape index (κ1) is 13.2. The highest BCUT2D eigenvalue weighted by atomic mass is 19.1. The summed E-state index contributed by atoms with van der Waals surface area (Å²) in [4.78, 5) is 16.0. The van der Waals surface area contributed by atoms with Gasteiger partial charge in [-0.1, -0.05) is 17.3 Å². The van der Waals surface area contributed by atoms with Crippen LogP contribution in [0.5, 0.6) is 0 Å². The van der Waals surface area contributed by atoms with E-state index in [9.17, 15) is 9.18 Å². The number of hydrogen-bond acceptors (Lipinski definition) is 3. The molecule has 0 saturated carbocycles. The number of hydrogen-bond donors (Lipinski definition) is 1. The van der Waals surface area contributed by atoms with Crippen LogP contribution in [0.3, 0.4) is 0 Å². The van der Waals surface area contributed by atoms with Crippen LogP contribution in [0.25, 0.3) is 0 Å². The number of nitrogens with zero attached hydrogens (tertiary/aromatic N) is 1. The Morgan fingerprint density at radius 2 is 1.94 bits per heavy atom. The molecule has 0 aliphatic rings. The van der Waals surface area contributed by atoms with Crippen LogP contribution in [0.15, 0.2) is 29.4 Å². The molecular weight excluding hydrogens is 225 g/mol. The van der Waals surface area contributed by atoms with E-state index in [1.165, 1.54) is 24.3 Å². The molecule has 0 atom stereocenters. The van der Waals surface area contributed by atoms with E-state index in [1.54, 1.807) is 20.8 Å². The maximum absolute atomic E-state index is 13.4. The smallest absolute Gasteiger partial charge is 0.358 e. The lowest BCUT2D eigenvalue weighted by molar-refractivity contribution is -0.129. The van der Waals surface area contributed by atoms with Crippen molar-refractivity contribution in [3.05, 3.63) is 35.6 Å². The number of halogens is 1. The van der Waals surface area contributed by atoms with Crippen molar-refractivity contribution in [1.82, 2.24) is 0 Å². The third kappa shape index (κ3) is 3.86. The molecule has 0 radical (unpaired) electrons. The summed E-state index contributed by atoms with van der Waals surface area (Å²) in [6.45, 7) is 5.16. The summed E-state index contributed by atoms with van der Waals surface area (Å²) < 4.78 is 13.4. The lowest BCUT2D eigenvalue weighted by Crippen LogP contribution is -2.21. The van der Waals surface area contributed by atoms with Crippen molar-refractivity contribution in [2.24, 2.45) is 5.16 Å². The number of benzene rings is 1. The van der Waals surface area contributed by atoms with Gasteiger partial charge in [0.05, 0.1) is 0 Å². The lowest BCUT2D eigenvalue weighted by atomic mass is 10.1. The van der Waals surface area contributed by atoms with E-state index >= 15 is 0 Å². The monoisotopic (exact) mass is 239 g/mol. The minimum atomic E-state index is -1.33. The van der Waals surface area contributed by atoms with Gasteiger partial charge in [-0.2, -0.15) is 0 Å². The van der Waals surface area contributed by atoms with Gasteiger partial charge in [-0.25, -0.2) is 9.18 Å². The van der Waals surface area contributed by atoms with Crippen molar-refractivity contribution < 1.29 is 19.1 Å². The molecular formula is C12H14FNO3. The topological polar surface area (TPSA) is 58.9 Å². The number of carbonyl (C=O) groups is 1. The highest BCUT2D eigenvalue weighted by Crippen LogP contribution is 2.12. The standard InChI is InChI=1S/C12H14FNO3/c1-12(2,3)17-14-10(11(15)16)8-6-4-5-7-9(8)13/h4-7H,1-3H3,(H,15,16). The number of carboxylic acids is 1. The maximum Gasteiger partial charge on any atom is 0.358 e. The Labute approximate surface area is 98.7 Å². The minimum Gasteiger partial charge on any atom is -0.476 e. The molecule has 1 N–H and O–H groups in total. The van der Waals surface area contributed by atoms with Crippen LogP contribution in [0.4, 0.5) is 4.39 Å². The second kappa shape index (κ2) is 4.95. The van der Waals surface area contributed by atoms with Crippen LogP contribution in [-0.4, -0.2) is 22.4 Å². The van der Waals surface area contributed by atoms with Crippen LogP contribution >= 0.6 is 0 Å². The quantitative estimate of drug-likeness (QED) is 0.651. The third-order valence-electron chi connectivity index (χ3n) is 1.74. The molecule has 0 spiro atoms. The molecule has 0 fully saturated rings. The number of carboxylic acid groups (broad SMARTS) is 1. The third-order valence-corrected chi connectivity index (χ3v) is 1.74. The molecule has 0 heterocycles. The number of oxime groups is 1. The Hall–Kier alpha value is -1.91. The molecule has 1 rings (SSSR count). The van der Waals surface area contributed by atoms with Crippen molar-refractivity contribution >= 4 is 11.7 Å². The Morgan fingerprint density at radius 1 is 1.35 bits per heavy atom. The first-order valence-electron chi connectivity index (χ1n) is 5.05. The lowest BCUT2D eigenvalue weighted by Gasteiger charge is -2.16. The van der Waals surface area contributed by atoms with Crippen molar-refractivity contribution in [3.63, 3.8) is 0 Å². The van der Waals surface area contributed by atoms with E-state index in [1.807, 2.05) is 0 Å². The van der Waals surface area contributed by atoms with E-state index in [4.69, 9.17) is 9.94 Å². The average molecular weight is 239 g/mol. The zero-order valence-corrected chi connectivity index (χ0v) is 9.90. The largest absolute Gasteiger partial charge is 0.476 e. The molecule has 1 aromatic rings. The first-order valence-corrected chi connectivity index (χ1v) is 5.05. The Balaban J connectivity index is 3.11. The van der Waals surface area contributed by atoms with Crippen LogP contribution in [0, 0.1) is 5.82 Å². The molecule has 5 heteroatoms. The van der Waals surface area contributed by atoms with E-state index in [-0.39, 0.29) is 5.56 Å². The van der Waals surface area contributed by atoms with Gasteiger partial charge < -0.3 is 9.94 Å². The molecule has 17 heavy (non-hydrogen) atoms. The fraction of sp³-hybridized carbons (Fsp3) is 0.333. The van der Waals surface area contributed by atoms with Gasteiger partial charge in [0.2, 0.25) is 0 Å². The van der Waals surface area contributed by atoms with Gasteiger partial charge >= 0.3 is 5.97 Å². The van der Waals surface area contributed by atoms with Crippen LogP contribution in [0.2, 0.25) is 0 Å². The van der Waals surface area contributed by atoms with Gasteiger partial charge in [0.1, 0.15) is 11.4 Å². The van der Waals surface area contributed by atoms with Crippen molar-refractivity contribution in [2.45, 2.75) is 26.4 Å². The fourth-order valence-electron chi connectivity index (χ4n) is 1.04. The van der Waals surface area contributed by atoms with E-state index < -0.39 is 23.1 Å². The highest BCUT2D eigenvalue weighted by Gasteiger charge is 2.19. The summed E-state index contributed by atoms with van der Waals surface area (Å²) in [5, 5.41) is 12.5. The molecule has 4 nitrogen and oxygen atoms in total. The van der Waals surface area contributed by atoms with Crippen LogP contribution < -0.4 is 0 Å². The molecule has 92 valence electrons. The molecule has 0 unspecified atom stereocenters. The number of aliphatic carboxylic acids is 1. The SMILES string of the molecule is CC(C)(C)ON=C(C(=O)O)c1ccccc1F. The summed E-state index contributed by atoms with van der Waals surface area (Å²) in [7, 11) is 0. The predicted molar refractivity (Wildman–Crippen MR) is 61.4 cm³/mol. The second-order valence-corrected chi connectivity index (χ2v) is 4.43. The van der Waals surface area contributed by atoms with Gasteiger partial charge in [0.25, 0.3) is 0 Å². The second-order valence-electron chi connectivity index (χ2n) is 4.43. The molecule has 0 aliphatic carbocycles. The Kier molecular flexibility index (Phi) is 3.83. The summed E-state index contributed by atoms with van der Waals surface area (Å²) >= 11 is 0. The van der Waals surface area contributed by atoms with Crippen molar-refractivity contribution in [3.8, 4) is 0 Å². The summed E-state index contributed by atoms with van der Waals surface area (Å²) in [6.07, 6.45) is 0. The van der Waals surface area contributed by atoms with E-state index in [0.29, 0.717) is 0 Å². The highest BCUT2D eigenvalue weighted by molar-refractivity contribution is 6.42. The van der Waals surface area contributed by atoms with Gasteiger partial charge in [0, 0.05) is 5.56 Å². The maximum atomic E-state index is 13.4. The molecule has 0 saturated heterocycles. The van der Waals surface area contributed by atoms with Gasteiger partial charge in [-0.15, -0.1) is 0 Å². The normalized spacial score (nSPS) is 12.4. The van der Waals surface area contributed by atoms with Gasteiger partial charge in [-0.05, 0) is 32.9 Å².